The van der Waals surface area contributed by atoms with Gasteiger partial charge in [0.25, 0.3) is 0 Å². The molecule has 132 valence electrons. The lowest BCUT2D eigenvalue weighted by Gasteiger charge is -2.36. The van der Waals surface area contributed by atoms with Crippen molar-refractivity contribution in [1.29, 1.82) is 0 Å². The predicted molar refractivity (Wildman–Crippen MR) is 85.5 cm³/mol. The molecule has 25 heavy (non-hydrogen) atoms. The van der Waals surface area contributed by atoms with Crippen LogP contribution in [0.25, 0.3) is 0 Å². The molecule has 2 amide bonds. The van der Waals surface area contributed by atoms with E-state index in [1.165, 1.54) is 17.0 Å². The van der Waals surface area contributed by atoms with Crippen molar-refractivity contribution in [1.82, 2.24) is 4.90 Å². The first kappa shape index (κ1) is 17.1. The van der Waals surface area contributed by atoms with Crippen LogP contribution >= 0.6 is 0 Å². The molecule has 4 nitrogen and oxygen atoms in total. The summed E-state index contributed by atoms with van der Waals surface area (Å²) in [5.74, 6) is -3.86. The molecule has 1 N–H and O–H groups in total. The van der Waals surface area contributed by atoms with Crippen LogP contribution in [0, 0.1) is 23.3 Å². The fraction of sp³-hybridized carbons (Fsp3) is 0.235. The molecular formula is C17H15F4N3O. The van der Waals surface area contributed by atoms with Gasteiger partial charge in [0, 0.05) is 49.7 Å². The Labute approximate surface area is 141 Å². The van der Waals surface area contributed by atoms with Crippen molar-refractivity contribution in [2.45, 2.75) is 0 Å². The van der Waals surface area contributed by atoms with Crippen molar-refractivity contribution >= 4 is 17.4 Å². The molecule has 2 aromatic carbocycles. The minimum Gasteiger partial charge on any atom is -0.368 e. The lowest BCUT2D eigenvalue weighted by molar-refractivity contribution is 0.208. The van der Waals surface area contributed by atoms with Gasteiger partial charge in [0.2, 0.25) is 0 Å². The molecule has 2 aromatic rings. The van der Waals surface area contributed by atoms with Crippen molar-refractivity contribution in [2.75, 3.05) is 36.4 Å². The van der Waals surface area contributed by atoms with Crippen LogP contribution in [-0.2, 0) is 0 Å². The minimum absolute atomic E-state index is 0.159. The lowest BCUT2D eigenvalue weighted by atomic mass is 10.2. The summed E-state index contributed by atoms with van der Waals surface area (Å²) in [6, 6.07) is 6.34. The third-order valence-electron chi connectivity index (χ3n) is 4.01. The number of hydrogen-bond acceptors (Lipinski definition) is 2. The third kappa shape index (κ3) is 3.84. The number of halogens is 4. The van der Waals surface area contributed by atoms with E-state index in [0.29, 0.717) is 31.9 Å². The average molecular weight is 353 g/mol. The number of hydrogen-bond donors (Lipinski definition) is 1. The summed E-state index contributed by atoms with van der Waals surface area (Å²) in [5, 5.41) is 2.50. The summed E-state index contributed by atoms with van der Waals surface area (Å²) in [5.41, 5.74) is 0.700. The Balaban J connectivity index is 1.58. The Morgan fingerprint density at radius 3 is 2.00 bits per heavy atom. The molecule has 0 saturated carbocycles. The molecule has 0 unspecified atom stereocenters. The molecule has 1 fully saturated rings. The van der Waals surface area contributed by atoms with Gasteiger partial charge in [-0.15, -0.1) is 0 Å². The zero-order valence-electron chi connectivity index (χ0n) is 13.1. The molecule has 0 atom stereocenters. The SMILES string of the molecule is O=C(Nc1ccc(F)c(F)c1)N1CCN(c2ccc(F)c(F)c2)CC1. The molecule has 8 heteroatoms. The summed E-state index contributed by atoms with van der Waals surface area (Å²) in [4.78, 5) is 15.5. The number of anilines is 2. The molecule has 0 radical (unpaired) electrons. The molecule has 0 spiro atoms. The lowest BCUT2D eigenvalue weighted by Crippen LogP contribution is -2.50. The summed E-state index contributed by atoms with van der Waals surface area (Å²) < 4.78 is 52.4. The van der Waals surface area contributed by atoms with Gasteiger partial charge < -0.3 is 15.1 Å². The highest BCUT2D eigenvalue weighted by Gasteiger charge is 2.22. The van der Waals surface area contributed by atoms with E-state index in [1.54, 1.807) is 0 Å². The molecule has 3 rings (SSSR count). The smallest absolute Gasteiger partial charge is 0.321 e. The van der Waals surface area contributed by atoms with E-state index in [2.05, 4.69) is 5.32 Å². The Kier molecular flexibility index (Phi) is 4.78. The highest BCUT2D eigenvalue weighted by atomic mass is 19.2. The normalized spacial score (nSPS) is 14.6. The topological polar surface area (TPSA) is 35.6 Å². The van der Waals surface area contributed by atoms with E-state index < -0.39 is 29.3 Å². The average Bonchev–Trinajstić information content (AvgIpc) is 2.61. The molecule has 1 aliphatic rings. The summed E-state index contributed by atoms with van der Waals surface area (Å²) in [7, 11) is 0. The molecule has 1 saturated heterocycles. The molecule has 1 aliphatic heterocycles. The summed E-state index contributed by atoms with van der Waals surface area (Å²) >= 11 is 0. The van der Waals surface area contributed by atoms with Gasteiger partial charge in [0.1, 0.15) is 0 Å². The van der Waals surface area contributed by atoms with Crippen LogP contribution in [-0.4, -0.2) is 37.1 Å². The van der Waals surface area contributed by atoms with Crippen LogP contribution in [0.2, 0.25) is 0 Å². The Hall–Kier alpha value is -2.77. The summed E-state index contributed by atoms with van der Waals surface area (Å²) in [6.45, 7) is 1.59. The van der Waals surface area contributed by atoms with Gasteiger partial charge in [0.05, 0.1) is 0 Å². The highest BCUT2D eigenvalue weighted by Crippen LogP contribution is 2.20. The minimum atomic E-state index is -1.04. The van der Waals surface area contributed by atoms with E-state index in [4.69, 9.17) is 0 Å². The maximum atomic E-state index is 13.3. The van der Waals surface area contributed by atoms with E-state index in [9.17, 15) is 22.4 Å². The number of carbonyl (C=O) groups is 1. The van der Waals surface area contributed by atoms with Crippen LogP contribution in [0.1, 0.15) is 0 Å². The second-order valence-corrected chi connectivity index (χ2v) is 5.63. The van der Waals surface area contributed by atoms with E-state index in [0.717, 1.165) is 24.3 Å². The van der Waals surface area contributed by atoms with Crippen LogP contribution in [0.5, 0.6) is 0 Å². The van der Waals surface area contributed by atoms with Gasteiger partial charge in [0.15, 0.2) is 23.3 Å². The molecule has 0 bridgehead atoms. The first-order chi connectivity index (χ1) is 11.9. The number of rotatable bonds is 2. The van der Waals surface area contributed by atoms with Crippen LogP contribution in [0.4, 0.5) is 33.7 Å². The maximum absolute atomic E-state index is 13.3. The number of urea groups is 1. The number of carbonyl (C=O) groups excluding carboxylic acids is 1. The monoisotopic (exact) mass is 353 g/mol. The number of amides is 2. The maximum Gasteiger partial charge on any atom is 0.321 e. The Bertz CT molecular complexity index is 791. The van der Waals surface area contributed by atoms with Crippen molar-refractivity contribution in [3.8, 4) is 0 Å². The van der Waals surface area contributed by atoms with Crippen molar-refractivity contribution in [2.24, 2.45) is 0 Å². The first-order valence-electron chi connectivity index (χ1n) is 7.65. The van der Waals surface area contributed by atoms with Gasteiger partial charge in [-0.2, -0.15) is 0 Å². The van der Waals surface area contributed by atoms with E-state index >= 15 is 0 Å². The molecule has 1 heterocycles. The van der Waals surface area contributed by atoms with Crippen LogP contribution in [0.3, 0.4) is 0 Å². The molecule has 0 aliphatic carbocycles. The van der Waals surface area contributed by atoms with Gasteiger partial charge in [-0.1, -0.05) is 0 Å². The fourth-order valence-corrected chi connectivity index (χ4v) is 2.63. The zero-order chi connectivity index (χ0) is 18.0. The number of nitrogens with one attached hydrogen (secondary N) is 1. The number of piperazine rings is 1. The van der Waals surface area contributed by atoms with Gasteiger partial charge in [-0.3, -0.25) is 0 Å². The quantitative estimate of drug-likeness (QED) is 0.838. The molecular weight excluding hydrogens is 338 g/mol. The zero-order valence-corrected chi connectivity index (χ0v) is 13.1. The largest absolute Gasteiger partial charge is 0.368 e. The fourth-order valence-electron chi connectivity index (χ4n) is 2.63. The Morgan fingerprint density at radius 2 is 1.40 bits per heavy atom. The number of benzene rings is 2. The molecule has 0 aromatic heterocycles. The van der Waals surface area contributed by atoms with Crippen LogP contribution in [0.15, 0.2) is 36.4 Å². The number of nitrogens with zero attached hydrogens (tertiary/aromatic N) is 2. The van der Waals surface area contributed by atoms with E-state index in [-0.39, 0.29) is 5.69 Å². The van der Waals surface area contributed by atoms with E-state index in [1.807, 2.05) is 4.90 Å². The van der Waals surface area contributed by atoms with Gasteiger partial charge >= 0.3 is 6.03 Å². The van der Waals surface area contributed by atoms with Crippen molar-refractivity contribution in [3.05, 3.63) is 59.7 Å². The van der Waals surface area contributed by atoms with Gasteiger partial charge in [-0.25, -0.2) is 22.4 Å². The summed E-state index contributed by atoms with van der Waals surface area (Å²) in [6.07, 6.45) is 0. The van der Waals surface area contributed by atoms with Gasteiger partial charge in [-0.05, 0) is 24.3 Å². The predicted octanol–water partition coefficient (Wildman–Crippen LogP) is 3.60. The van der Waals surface area contributed by atoms with Crippen LogP contribution < -0.4 is 10.2 Å². The Morgan fingerprint density at radius 1 is 0.800 bits per heavy atom. The third-order valence-corrected chi connectivity index (χ3v) is 4.01. The van der Waals surface area contributed by atoms with Crippen molar-refractivity contribution < 1.29 is 22.4 Å². The second-order valence-electron chi connectivity index (χ2n) is 5.63. The standard InChI is InChI=1S/C17H15F4N3O/c18-13-3-1-11(9-15(13)20)22-17(25)24-7-5-23(6-8-24)12-2-4-14(19)16(21)10-12/h1-4,9-10H,5-8H2,(H,22,25). The highest BCUT2D eigenvalue weighted by molar-refractivity contribution is 5.89. The first-order valence-corrected chi connectivity index (χ1v) is 7.65. The van der Waals surface area contributed by atoms with Crippen molar-refractivity contribution in [3.63, 3.8) is 0 Å². The second kappa shape index (κ2) is 7.00.